The highest BCUT2D eigenvalue weighted by atomic mass is 35.5. The number of aryl methyl sites for hydroxylation is 1. The van der Waals surface area contributed by atoms with Gasteiger partial charge in [-0.2, -0.15) is 0 Å². The number of amides is 1. The molecule has 2 N–H and O–H groups in total. The normalized spacial score (nSPS) is 10.2. The Hall–Kier alpha value is -1.13. The lowest BCUT2D eigenvalue weighted by atomic mass is 10.2. The van der Waals surface area contributed by atoms with Crippen molar-refractivity contribution < 1.29 is 4.79 Å². The van der Waals surface area contributed by atoms with Gasteiger partial charge in [0.05, 0.1) is 11.4 Å². The second-order valence-electron chi connectivity index (χ2n) is 3.52. The van der Waals surface area contributed by atoms with Crippen molar-refractivity contribution in [3.8, 4) is 0 Å². The molecule has 0 atom stereocenters. The van der Waals surface area contributed by atoms with Crippen molar-refractivity contribution in [2.24, 2.45) is 0 Å². The Labute approximate surface area is 100 Å². The van der Waals surface area contributed by atoms with E-state index in [4.69, 9.17) is 11.6 Å². The first-order chi connectivity index (χ1) is 7.63. The third kappa shape index (κ3) is 4.16. The van der Waals surface area contributed by atoms with E-state index in [-0.39, 0.29) is 5.91 Å². The summed E-state index contributed by atoms with van der Waals surface area (Å²) < 4.78 is 0. The highest BCUT2D eigenvalue weighted by Crippen LogP contribution is 2.15. The van der Waals surface area contributed by atoms with E-state index >= 15 is 0 Å². The van der Waals surface area contributed by atoms with E-state index in [9.17, 15) is 4.79 Å². The topological polar surface area (TPSA) is 54.0 Å². The molecule has 0 fully saturated rings. The van der Waals surface area contributed by atoms with E-state index in [0.29, 0.717) is 11.6 Å². The third-order valence-corrected chi connectivity index (χ3v) is 2.37. The smallest absolute Gasteiger partial charge is 0.224 e. The van der Waals surface area contributed by atoms with Crippen LogP contribution in [-0.4, -0.2) is 24.5 Å². The standard InChI is InChI=1S/C11H16ClN3O/c1-8-9(5-6-10(12)14-8)15-11(16)4-3-7-13-2/h5-6,13H,3-4,7H2,1-2H3,(H,15,16). The Morgan fingerprint density at radius 2 is 2.25 bits per heavy atom. The molecule has 1 aromatic rings. The molecule has 4 nitrogen and oxygen atoms in total. The average Bonchev–Trinajstić information content (AvgIpc) is 2.23. The SMILES string of the molecule is CNCCCC(=O)Nc1ccc(Cl)nc1C. The number of nitrogens with one attached hydrogen (secondary N) is 2. The highest BCUT2D eigenvalue weighted by molar-refractivity contribution is 6.29. The molecule has 0 saturated carbocycles. The lowest BCUT2D eigenvalue weighted by Gasteiger charge is -2.07. The van der Waals surface area contributed by atoms with Crippen LogP contribution >= 0.6 is 11.6 Å². The fraction of sp³-hybridized carbons (Fsp3) is 0.455. The van der Waals surface area contributed by atoms with E-state index < -0.39 is 0 Å². The molecule has 0 aliphatic heterocycles. The van der Waals surface area contributed by atoms with Crippen molar-refractivity contribution in [3.05, 3.63) is 23.0 Å². The molecule has 1 aromatic heterocycles. The molecule has 1 heterocycles. The summed E-state index contributed by atoms with van der Waals surface area (Å²) >= 11 is 5.72. The summed E-state index contributed by atoms with van der Waals surface area (Å²) in [5.41, 5.74) is 1.45. The summed E-state index contributed by atoms with van der Waals surface area (Å²) in [5.74, 6) is 0.00229. The summed E-state index contributed by atoms with van der Waals surface area (Å²) in [5, 5.41) is 6.24. The molecule has 0 saturated heterocycles. The van der Waals surface area contributed by atoms with Gasteiger partial charge in [-0.3, -0.25) is 4.79 Å². The molecule has 16 heavy (non-hydrogen) atoms. The Bertz CT molecular complexity index is 368. The maximum Gasteiger partial charge on any atom is 0.224 e. The maximum atomic E-state index is 11.5. The number of carbonyl (C=O) groups excluding carboxylic acids is 1. The second kappa shape index (κ2) is 6.45. The summed E-state index contributed by atoms with van der Waals surface area (Å²) in [4.78, 5) is 15.6. The number of carbonyl (C=O) groups is 1. The van der Waals surface area contributed by atoms with Gasteiger partial charge in [0.25, 0.3) is 0 Å². The predicted molar refractivity (Wildman–Crippen MR) is 65.8 cm³/mol. The summed E-state index contributed by atoms with van der Waals surface area (Å²) in [6, 6.07) is 3.43. The molecule has 1 amide bonds. The zero-order chi connectivity index (χ0) is 12.0. The van der Waals surface area contributed by atoms with Gasteiger partial charge < -0.3 is 10.6 Å². The van der Waals surface area contributed by atoms with Crippen LogP contribution in [0.3, 0.4) is 0 Å². The number of anilines is 1. The molecule has 0 spiro atoms. The highest BCUT2D eigenvalue weighted by Gasteiger charge is 2.05. The average molecular weight is 242 g/mol. The maximum absolute atomic E-state index is 11.5. The third-order valence-electron chi connectivity index (χ3n) is 2.16. The number of hydrogen-bond donors (Lipinski definition) is 2. The molecule has 88 valence electrons. The van der Waals surface area contributed by atoms with Crippen LogP contribution in [0.1, 0.15) is 18.5 Å². The number of hydrogen-bond acceptors (Lipinski definition) is 3. The molecular weight excluding hydrogens is 226 g/mol. The lowest BCUT2D eigenvalue weighted by Crippen LogP contribution is -2.16. The molecule has 0 aliphatic carbocycles. The molecule has 0 bridgehead atoms. The van der Waals surface area contributed by atoms with E-state index in [1.54, 1.807) is 12.1 Å². The lowest BCUT2D eigenvalue weighted by molar-refractivity contribution is -0.116. The van der Waals surface area contributed by atoms with Gasteiger partial charge in [0.2, 0.25) is 5.91 Å². The van der Waals surface area contributed by atoms with Gasteiger partial charge in [0, 0.05) is 6.42 Å². The van der Waals surface area contributed by atoms with E-state index in [1.165, 1.54) is 0 Å². The monoisotopic (exact) mass is 241 g/mol. The largest absolute Gasteiger partial charge is 0.325 e. The molecule has 0 radical (unpaired) electrons. The number of pyridine rings is 1. The van der Waals surface area contributed by atoms with Crippen LogP contribution < -0.4 is 10.6 Å². The van der Waals surface area contributed by atoms with Gasteiger partial charge in [0.1, 0.15) is 5.15 Å². The van der Waals surface area contributed by atoms with Crippen LogP contribution in [0.2, 0.25) is 5.15 Å². The molecule has 0 aliphatic rings. The van der Waals surface area contributed by atoms with Crippen molar-refractivity contribution in [3.63, 3.8) is 0 Å². The first-order valence-corrected chi connectivity index (χ1v) is 5.59. The minimum atomic E-state index is 0.00229. The van der Waals surface area contributed by atoms with Gasteiger partial charge in [-0.15, -0.1) is 0 Å². The Morgan fingerprint density at radius 1 is 1.50 bits per heavy atom. The van der Waals surface area contributed by atoms with Crippen LogP contribution in [0.15, 0.2) is 12.1 Å². The predicted octanol–water partition coefficient (Wildman–Crippen LogP) is 1.98. The van der Waals surface area contributed by atoms with E-state index in [1.807, 2.05) is 14.0 Å². The minimum Gasteiger partial charge on any atom is -0.325 e. The van der Waals surface area contributed by atoms with E-state index in [0.717, 1.165) is 24.3 Å². The van der Waals surface area contributed by atoms with Crippen LogP contribution in [-0.2, 0) is 4.79 Å². The van der Waals surface area contributed by atoms with Crippen molar-refractivity contribution in [1.29, 1.82) is 0 Å². The van der Waals surface area contributed by atoms with Crippen LogP contribution in [0.4, 0.5) is 5.69 Å². The molecular formula is C11H16ClN3O. The number of rotatable bonds is 5. The number of nitrogens with zero attached hydrogens (tertiary/aromatic N) is 1. The quantitative estimate of drug-likeness (QED) is 0.612. The molecule has 1 rings (SSSR count). The fourth-order valence-corrected chi connectivity index (χ4v) is 1.49. The number of aromatic nitrogens is 1. The van der Waals surface area contributed by atoms with Crippen LogP contribution in [0, 0.1) is 6.92 Å². The van der Waals surface area contributed by atoms with Gasteiger partial charge in [-0.25, -0.2) is 4.98 Å². The van der Waals surface area contributed by atoms with Crippen molar-refractivity contribution >= 4 is 23.2 Å². The Morgan fingerprint density at radius 3 is 2.88 bits per heavy atom. The van der Waals surface area contributed by atoms with Gasteiger partial charge >= 0.3 is 0 Å². The fourth-order valence-electron chi connectivity index (χ4n) is 1.30. The Kier molecular flexibility index (Phi) is 5.22. The molecule has 0 aromatic carbocycles. The van der Waals surface area contributed by atoms with Gasteiger partial charge in [-0.1, -0.05) is 11.6 Å². The summed E-state index contributed by atoms with van der Waals surface area (Å²) in [7, 11) is 1.87. The first-order valence-electron chi connectivity index (χ1n) is 5.21. The second-order valence-corrected chi connectivity index (χ2v) is 3.91. The summed E-state index contributed by atoms with van der Waals surface area (Å²) in [6.45, 7) is 2.65. The Balaban J connectivity index is 2.49. The minimum absolute atomic E-state index is 0.00229. The first kappa shape index (κ1) is 12.9. The van der Waals surface area contributed by atoms with Crippen LogP contribution in [0.5, 0.6) is 0 Å². The summed E-state index contributed by atoms with van der Waals surface area (Å²) in [6.07, 6.45) is 1.32. The van der Waals surface area contributed by atoms with Gasteiger partial charge in [-0.05, 0) is 39.1 Å². The zero-order valence-corrected chi connectivity index (χ0v) is 10.3. The van der Waals surface area contributed by atoms with E-state index in [2.05, 4.69) is 15.6 Å². The van der Waals surface area contributed by atoms with Crippen LogP contribution in [0.25, 0.3) is 0 Å². The number of halogens is 1. The molecule has 5 heteroatoms. The van der Waals surface area contributed by atoms with Crippen molar-refractivity contribution in [2.75, 3.05) is 18.9 Å². The van der Waals surface area contributed by atoms with Crippen molar-refractivity contribution in [1.82, 2.24) is 10.3 Å². The zero-order valence-electron chi connectivity index (χ0n) is 9.51. The van der Waals surface area contributed by atoms with Gasteiger partial charge in [0.15, 0.2) is 0 Å². The molecule has 0 unspecified atom stereocenters. The van der Waals surface area contributed by atoms with Crippen molar-refractivity contribution in [2.45, 2.75) is 19.8 Å².